The van der Waals surface area contributed by atoms with Gasteiger partial charge in [0.05, 0.1) is 24.3 Å². The minimum Gasteiger partial charge on any atom is -0.465 e. The monoisotopic (exact) mass is 412 g/mol. The first-order chi connectivity index (χ1) is 13.6. The Morgan fingerprint density at radius 2 is 1.72 bits per heavy atom. The van der Waals surface area contributed by atoms with E-state index in [0.29, 0.717) is 4.57 Å². The number of piperidine rings is 1. The molecule has 0 aliphatic carbocycles. The lowest BCUT2D eigenvalue weighted by Gasteiger charge is -2.32. The van der Waals surface area contributed by atoms with Gasteiger partial charge >= 0.3 is 17.8 Å². The Morgan fingerprint density at radius 3 is 2.24 bits per heavy atom. The zero-order valence-corrected chi connectivity index (χ0v) is 15.8. The van der Waals surface area contributed by atoms with Crippen molar-refractivity contribution in [3.8, 4) is 0 Å². The van der Waals surface area contributed by atoms with Gasteiger partial charge in [-0.05, 0) is 25.0 Å². The average molecular weight is 412 g/mol. The van der Waals surface area contributed by atoms with Gasteiger partial charge in [0.1, 0.15) is 0 Å². The molecule has 1 aliphatic rings. The van der Waals surface area contributed by atoms with Crippen molar-refractivity contribution in [1.82, 2.24) is 19.2 Å². The standard InChI is InChI=1S/C18H19F3N4O4/c1-23-16(18(19,20)21)22-25(17(23)28)11-7-9-24(10-8-11)14(26)12-5-3-4-6-13(12)15(27)29-2/h3-6,11H,7-10H2,1-2H3. The highest BCUT2D eigenvalue weighted by Gasteiger charge is 2.39. The van der Waals surface area contributed by atoms with Crippen LogP contribution in [-0.4, -0.2) is 51.3 Å². The van der Waals surface area contributed by atoms with Crippen molar-refractivity contribution >= 4 is 11.9 Å². The van der Waals surface area contributed by atoms with E-state index in [0.717, 1.165) is 11.7 Å². The zero-order chi connectivity index (χ0) is 21.3. The fourth-order valence-electron chi connectivity index (χ4n) is 3.38. The number of carbonyl (C=O) groups is 2. The first kappa shape index (κ1) is 20.6. The molecule has 0 N–H and O–H groups in total. The number of halogens is 3. The zero-order valence-electron chi connectivity index (χ0n) is 15.8. The van der Waals surface area contributed by atoms with Gasteiger partial charge in [0.2, 0.25) is 5.82 Å². The predicted octanol–water partition coefficient (Wildman–Crippen LogP) is 1.86. The highest BCUT2D eigenvalue weighted by atomic mass is 19.4. The summed E-state index contributed by atoms with van der Waals surface area (Å²) < 4.78 is 44.9. The second-order valence-corrected chi connectivity index (χ2v) is 6.67. The molecule has 1 aromatic carbocycles. The predicted molar refractivity (Wildman–Crippen MR) is 94.4 cm³/mol. The SMILES string of the molecule is COC(=O)c1ccccc1C(=O)N1CCC(n2nc(C(F)(F)F)n(C)c2=O)CC1. The molecule has 156 valence electrons. The quantitative estimate of drug-likeness (QED) is 0.719. The Bertz CT molecular complexity index is 988. The number of amides is 1. The summed E-state index contributed by atoms with van der Waals surface area (Å²) >= 11 is 0. The van der Waals surface area contributed by atoms with Gasteiger partial charge in [0.15, 0.2) is 0 Å². The van der Waals surface area contributed by atoms with Crippen molar-refractivity contribution in [3.63, 3.8) is 0 Å². The van der Waals surface area contributed by atoms with Crippen LogP contribution in [0.1, 0.15) is 45.4 Å². The lowest BCUT2D eigenvalue weighted by molar-refractivity contribution is -0.147. The van der Waals surface area contributed by atoms with Gasteiger partial charge in [-0.2, -0.15) is 13.2 Å². The molecule has 1 fully saturated rings. The van der Waals surface area contributed by atoms with Crippen LogP contribution >= 0.6 is 0 Å². The van der Waals surface area contributed by atoms with Crippen LogP contribution in [0.15, 0.2) is 29.1 Å². The molecule has 2 aromatic rings. The third-order valence-corrected chi connectivity index (χ3v) is 4.92. The van der Waals surface area contributed by atoms with Crippen molar-refractivity contribution in [3.05, 3.63) is 51.7 Å². The average Bonchev–Trinajstić information content (AvgIpc) is 3.02. The minimum atomic E-state index is -4.73. The van der Waals surface area contributed by atoms with Crippen LogP contribution in [0.3, 0.4) is 0 Å². The normalized spacial score (nSPS) is 15.4. The number of benzene rings is 1. The molecule has 0 bridgehead atoms. The van der Waals surface area contributed by atoms with Crippen molar-refractivity contribution < 1.29 is 27.5 Å². The Balaban J connectivity index is 1.76. The van der Waals surface area contributed by atoms with Crippen LogP contribution in [0.4, 0.5) is 13.2 Å². The highest BCUT2D eigenvalue weighted by Crippen LogP contribution is 2.28. The number of nitrogens with zero attached hydrogens (tertiary/aromatic N) is 4. The van der Waals surface area contributed by atoms with Crippen LogP contribution in [0.2, 0.25) is 0 Å². The Kier molecular flexibility index (Phi) is 5.49. The molecule has 0 unspecified atom stereocenters. The number of ether oxygens (including phenoxy) is 1. The molecule has 1 amide bonds. The number of rotatable bonds is 3. The topological polar surface area (TPSA) is 86.4 Å². The third-order valence-electron chi connectivity index (χ3n) is 4.92. The summed E-state index contributed by atoms with van der Waals surface area (Å²) in [6, 6.07) is 5.68. The first-order valence-corrected chi connectivity index (χ1v) is 8.84. The molecule has 2 heterocycles. The second kappa shape index (κ2) is 7.72. The summed E-state index contributed by atoms with van der Waals surface area (Å²) in [6.07, 6.45) is -4.20. The molecule has 1 saturated heterocycles. The van der Waals surface area contributed by atoms with E-state index in [1.54, 1.807) is 12.1 Å². The summed E-state index contributed by atoms with van der Waals surface area (Å²) in [6.45, 7) is 0.423. The van der Waals surface area contributed by atoms with Gasteiger partial charge in [-0.25, -0.2) is 14.3 Å². The van der Waals surface area contributed by atoms with Crippen LogP contribution < -0.4 is 5.69 Å². The fourth-order valence-corrected chi connectivity index (χ4v) is 3.38. The largest absolute Gasteiger partial charge is 0.465 e. The maximum Gasteiger partial charge on any atom is 0.451 e. The summed E-state index contributed by atoms with van der Waals surface area (Å²) in [4.78, 5) is 38.4. The molecule has 0 radical (unpaired) electrons. The van der Waals surface area contributed by atoms with Crippen molar-refractivity contribution in [2.75, 3.05) is 20.2 Å². The molecular weight excluding hydrogens is 393 g/mol. The van der Waals surface area contributed by atoms with E-state index in [2.05, 4.69) is 5.10 Å². The molecule has 29 heavy (non-hydrogen) atoms. The molecule has 0 spiro atoms. The number of alkyl halides is 3. The second-order valence-electron chi connectivity index (χ2n) is 6.67. The van der Waals surface area contributed by atoms with Crippen LogP contribution in [0, 0.1) is 0 Å². The lowest BCUT2D eigenvalue weighted by atomic mass is 10.0. The fraction of sp³-hybridized carbons (Fsp3) is 0.444. The van der Waals surface area contributed by atoms with E-state index >= 15 is 0 Å². The molecule has 0 saturated carbocycles. The van der Waals surface area contributed by atoms with Crippen LogP contribution in [0.25, 0.3) is 0 Å². The Hall–Kier alpha value is -3.11. The number of methoxy groups -OCH3 is 1. The van der Waals surface area contributed by atoms with Gasteiger partial charge < -0.3 is 9.64 Å². The highest BCUT2D eigenvalue weighted by molar-refractivity contribution is 6.05. The summed E-state index contributed by atoms with van der Waals surface area (Å²) in [7, 11) is 2.24. The van der Waals surface area contributed by atoms with Crippen LogP contribution in [-0.2, 0) is 18.0 Å². The van der Waals surface area contributed by atoms with Gasteiger partial charge in [-0.15, -0.1) is 5.10 Å². The number of carbonyl (C=O) groups excluding carboxylic acids is 2. The van der Waals surface area contributed by atoms with E-state index in [1.165, 1.54) is 24.1 Å². The lowest BCUT2D eigenvalue weighted by Crippen LogP contribution is -2.41. The molecular formula is C18H19F3N4O4. The molecule has 0 atom stereocenters. The van der Waals surface area contributed by atoms with E-state index in [-0.39, 0.29) is 43.0 Å². The van der Waals surface area contributed by atoms with Gasteiger partial charge in [-0.1, -0.05) is 12.1 Å². The minimum absolute atomic E-state index is 0.137. The molecule has 11 heteroatoms. The van der Waals surface area contributed by atoms with E-state index < -0.39 is 29.7 Å². The third kappa shape index (κ3) is 3.89. The number of esters is 1. The Labute approximate surface area is 163 Å². The maximum absolute atomic E-state index is 13.0. The number of hydrogen-bond acceptors (Lipinski definition) is 5. The summed E-state index contributed by atoms with van der Waals surface area (Å²) in [5, 5.41) is 3.46. The van der Waals surface area contributed by atoms with E-state index in [4.69, 9.17) is 4.74 Å². The van der Waals surface area contributed by atoms with Gasteiger partial charge in [0.25, 0.3) is 5.91 Å². The number of aromatic nitrogens is 3. The Morgan fingerprint density at radius 1 is 1.14 bits per heavy atom. The van der Waals surface area contributed by atoms with Crippen molar-refractivity contribution in [1.29, 1.82) is 0 Å². The molecule has 8 nitrogen and oxygen atoms in total. The summed E-state index contributed by atoms with van der Waals surface area (Å²) in [5.41, 5.74) is -0.525. The molecule has 1 aliphatic heterocycles. The van der Waals surface area contributed by atoms with E-state index in [9.17, 15) is 27.6 Å². The number of likely N-dealkylation sites (tertiary alicyclic amines) is 1. The smallest absolute Gasteiger partial charge is 0.451 e. The van der Waals surface area contributed by atoms with Gasteiger partial charge in [-0.3, -0.25) is 9.36 Å². The first-order valence-electron chi connectivity index (χ1n) is 8.84. The van der Waals surface area contributed by atoms with Crippen molar-refractivity contribution in [2.45, 2.75) is 25.1 Å². The van der Waals surface area contributed by atoms with E-state index in [1.807, 2.05) is 0 Å². The molecule has 1 aromatic heterocycles. The maximum atomic E-state index is 13.0. The van der Waals surface area contributed by atoms with Crippen molar-refractivity contribution in [2.24, 2.45) is 7.05 Å². The molecule has 3 rings (SSSR count). The summed E-state index contributed by atoms with van der Waals surface area (Å²) in [5.74, 6) is -2.27. The van der Waals surface area contributed by atoms with Gasteiger partial charge in [0, 0.05) is 20.1 Å². The number of hydrogen-bond donors (Lipinski definition) is 0. The van der Waals surface area contributed by atoms with Crippen LogP contribution in [0.5, 0.6) is 0 Å².